The van der Waals surface area contributed by atoms with Crippen molar-refractivity contribution in [3.8, 4) is 5.06 Å². The monoisotopic (exact) mass is 381 g/mol. The molecule has 0 aliphatic carbocycles. The number of carbonyl (C=O) groups is 1. The van der Waals surface area contributed by atoms with Gasteiger partial charge in [-0.2, -0.15) is 0 Å². The van der Waals surface area contributed by atoms with Crippen LogP contribution in [0.25, 0.3) is 0 Å². The van der Waals surface area contributed by atoms with E-state index in [4.69, 9.17) is 16.3 Å². The summed E-state index contributed by atoms with van der Waals surface area (Å²) in [6, 6.07) is 3.55. The van der Waals surface area contributed by atoms with Crippen molar-refractivity contribution in [3.05, 3.63) is 16.5 Å². The summed E-state index contributed by atoms with van der Waals surface area (Å²) in [5.41, 5.74) is 0. The van der Waals surface area contributed by atoms with E-state index in [2.05, 4.69) is 28.8 Å². The minimum Gasteiger partial charge on any atom is -0.399 e. The van der Waals surface area contributed by atoms with Crippen LogP contribution in [-0.2, 0) is 10.0 Å². The average molecular weight is 382 g/mol. The van der Waals surface area contributed by atoms with Gasteiger partial charge >= 0.3 is 6.09 Å². The zero-order chi connectivity index (χ0) is 17.0. The molecule has 23 heavy (non-hydrogen) atoms. The first-order chi connectivity index (χ1) is 10.7. The van der Waals surface area contributed by atoms with E-state index in [-0.39, 0.29) is 18.3 Å². The number of hydrogen-bond donors (Lipinski definition) is 2. The van der Waals surface area contributed by atoms with Crippen LogP contribution < -0.4 is 14.8 Å². The van der Waals surface area contributed by atoms with Gasteiger partial charge in [0, 0.05) is 31.7 Å². The van der Waals surface area contributed by atoms with Crippen LogP contribution in [0.15, 0.2) is 12.1 Å². The van der Waals surface area contributed by atoms with Gasteiger partial charge in [0.1, 0.15) is 0 Å². The average Bonchev–Trinajstić information content (AvgIpc) is 2.78. The lowest BCUT2D eigenvalue weighted by Crippen LogP contribution is -2.61. The highest BCUT2D eigenvalue weighted by molar-refractivity contribution is 7.89. The first-order valence-electron chi connectivity index (χ1n) is 7.20. The third-order valence-electron chi connectivity index (χ3n) is 3.37. The van der Waals surface area contributed by atoms with Crippen LogP contribution >= 0.6 is 22.9 Å². The quantitative estimate of drug-likeness (QED) is 0.747. The molecule has 1 aliphatic rings. The van der Waals surface area contributed by atoms with Gasteiger partial charge in [-0.25, -0.2) is 17.9 Å². The van der Waals surface area contributed by atoms with Crippen molar-refractivity contribution >= 4 is 39.1 Å². The lowest BCUT2D eigenvalue weighted by Gasteiger charge is -2.42. The molecule has 1 amide bonds. The van der Waals surface area contributed by atoms with Gasteiger partial charge in [0.2, 0.25) is 10.0 Å². The number of likely N-dealkylation sites (tertiary alicyclic amines) is 1. The smallest absolute Gasteiger partial charge is 0.399 e. The van der Waals surface area contributed by atoms with E-state index in [9.17, 15) is 13.2 Å². The third kappa shape index (κ3) is 5.92. The lowest BCUT2D eigenvalue weighted by molar-refractivity contribution is 0.104. The van der Waals surface area contributed by atoms with Crippen molar-refractivity contribution < 1.29 is 17.9 Å². The summed E-state index contributed by atoms with van der Waals surface area (Å²) in [7, 11) is -3.42. The molecule has 1 aromatic rings. The predicted octanol–water partition coefficient (Wildman–Crippen LogP) is 1.50. The minimum absolute atomic E-state index is 0.0200. The van der Waals surface area contributed by atoms with Crippen LogP contribution in [0.4, 0.5) is 4.79 Å². The first-order valence-corrected chi connectivity index (χ1v) is 10.0. The zero-order valence-corrected chi connectivity index (χ0v) is 15.3. The Balaban J connectivity index is 1.65. The van der Waals surface area contributed by atoms with Gasteiger partial charge < -0.3 is 10.1 Å². The van der Waals surface area contributed by atoms with Crippen molar-refractivity contribution in [2.24, 2.45) is 0 Å². The summed E-state index contributed by atoms with van der Waals surface area (Å²) in [4.78, 5) is 13.7. The molecule has 10 heteroatoms. The summed E-state index contributed by atoms with van der Waals surface area (Å²) < 4.78 is 31.9. The molecule has 130 valence electrons. The molecule has 0 aromatic carbocycles. The number of ether oxygens (including phenoxy) is 1. The maximum atomic E-state index is 11.9. The van der Waals surface area contributed by atoms with Crippen molar-refractivity contribution in [1.29, 1.82) is 0 Å². The Morgan fingerprint density at radius 1 is 1.48 bits per heavy atom. The highest BCUT2D eigenvalue weighted by Gasteiger charge is 2.31. The topological polar surface area (TPSA) is 87.7 Å². The Labute approximate surface area is 145 Å². The number of thiophene rings is 1. The Morgan fingerprint density at radius 3 is 2.74 bits per heavy atom. The molecule has 0 saturated carbocycles. The van der Waals surface area contributed by atoms with Crippen LogP contribution in [0.1, 0.15) is 13.8 Å². The number of nitrogens with one attached hydrogen (secondary N) is 2. The molecule has 2 heterocycles. The number of halogens is 1. The van der Waals surface area contributed by atoms with Crippen molar-refractivity contribution in [1.82, 2.24) is 14.9 Å². The molecule has 7 nitrogen and oxygen atoms in total. The largest absolute Gasteiger partial charge is 0.413 e. The summed E-state index contributed by atoms with van der Waals surface area (Å²) in [6.45, 7) is 5.55. The van der Waals surface area contributed by atoms with Gasteiger partial charge in [0.05, 0.1) is 10.1 Å². The Kier molecular flexibility index (Phi) is 6.26. The zero-order valence-electron chi connectivity index (χ0n) is 12.9. The van der Waals surface area contributed by atoms with Crippen molar-refractivity contribution in [2.45, 2.75) is 25.9 Å². The standard InChI is InChI=1S/C13H20ClN3O4S2/c1-9(2)17-7-10(8-17)16-23(19,20)6-5-15-13(18)21-12-4-3-11(14)22-12/h3-4,9-10,16H,5-8H2,1-2H3,(H,15,18). The number of amides is 1. The predicted molar refractivity (Wildman–Crippen MR) is 90.8 cm³/mol. The lowest BCUT2D eigenvalue weighted by atomic mass is 10.1. The Morgan fingerprint density at radius 2 is 2.17 bits per heavy atom. The summed E-state index contributed by atoms with van der Waals surface area (Å²) in [5, 5.41) is 2.76. The van der Waals surface area contributed by atoms with Crippen LogP contribution in [0.2, 0.25) is 4.34 Å². The summed E-state index contributed by atoms with van der Waals surface area (Å²) >= 11 is 6.84. The number of hydrogen-bond acceptors (Lipinski definition) is 6. The number of nitrogens with zero attached hydrogens (tertiary/aromatic N) is 1. The highest BCUT2D eigenvalue weighted by atomic mass is 35.5. The van der Waals surface area contributed by atoms with E-state index in [0.717, 1.165) is 11.3 Å². The second kappa shape index (κ2) is 7.80. The molecule has 0 bridgehead atoms. The second-order valence-corrected chi connectivity index (χ2v) is 9.11. The molecule has 2 N–H and O–H groups in total. The van der Waals surface area contributed by atoms with Crippen LogP contribution in [-0.4, -0.2) is 56.9 Å². The van der Waals surface area contributed by atoms with E-state index in [0.29, 0.717) is 28.5 Å². The molecule has 1 aromatic heterocycles. The number of rotatable bonds is 7. The molecule has 2 rings (SSSR count). The van der Waals surface area contributed by atoms with Crippen LogP contribution in [0, 0.1) is 0 Å². The molecule has 0 spiro atoms. The van der Waals surface area contributed by atoms with Gasteiger partial charge in [-0.1, -0.05) is 22.9 Å². The van der Waals surface area contributed by atoms with Crippen LogP contribution in [0.3, 0.4) is 0 Å². The highest BCUT2D eigenvalue weighted by Crippen LogP contribution is 2.28. The van der Waals surface area contributed by atoms with Gasteiger partial charge in [-0.3, -0.25) is 4.90 Å². The molecule has 1 saturated heterocycles. The van der Waals surface area contributed by atoms with Gasteiger partial charge in [0.15, 0.2) is 5.06 Å². The van der Waals surface area contributed by atoms with Crippen LogP contribution in [0.5, 0.6) is 5.06 Å². The third-order valence-corrected chi connectivity index (χ3v) is 5.91. The van der Waals surface area contributed by atoms with Gasteiger partial charge in [-0.15, -0.1) is 0 Å². The van der Waals surface area contributed by atoms with Gasteiger partial charge in [0.25, 0.3) is 0 Å². The van der Waals surface area contributed by atoms with Crippen molar-refractivity contribution in [3.63, 3.8) is 0 Å². The van der Waals surface area contributed by atoms with Crippen molar-refractivity contribution in [2.75, 3.05) is 25.4 Å². The fourth-order valence-corrected chi connectivity index (χ4v) is 4.11. The normalized spacial score (nSPS) is 16.3. The Hall–Kier alpha value is -0.870. The number of carbonyl (C=O) groups excluding carboxylic acids is 1. The Bertz CT molecular complexity index is 641. The molecule has 1 fully saturated rings. The maximum absolute atomic E-state index is 11.9. The second-order valence-electron chi connectivity index (χ2n) is 5.56. The maximum Gasteiger partial charge on any atom is 0.413 e. The fraction of sp³-hybridized carbons (Fsp3) is 0.615. The van der Waals surface area contributed by atoms with E-state index in [1.807, 2.05) is 0 Å². The van der Waals surface area contributed by atoms with E-state index in [1.54, 1.807) is 12.1 Å². The molecule has 0 unspecified atom stereocenters. The molecule has 0 radical (unpaired) electrons. The number of sulfonamides is 1. The van der Waals surface area contributed by atoms with Gasteiger partial charge in [-0.05, 0) is 26.0 Å². The summed E-state index contributed by atoms with van der Waals surface area (Å²) in [5.74, 6) is -0.189. The fourth-order valence-electron chi connectivity index (χ4n) is 2.09. The molecular weight excluding hydrogens is 362 g/mol. The van der Waals surface area contributed by atoms with E-state index >= 15 is 0 Å². The first kappa shape index (κ1) is 18.5. The molecular formula is C13H20ClN3O4S2. The summed E-state index contributed by atoms with van der Waals surface area (Å²) in [6.07, 6.45) is -0.701. The molecule has 0 atom stereocenters. The molecule has 1 aliphatic heterocycles. The minimum atomic E-state index is -3.42. The van der Waals surface area contributed by atoms with E-state index in [1.165, 1.54) is 0 Å². The SMILES string of the molecule is CC(C)N1CC(NS(=O)(=O)CCNC(=O)Oc2ccc(Cl)s2)C1. The van der Waals surface area contributed by atoms with E-state index < -0.39 is 16.1 Å².